The fraction of sp³-hybridized carbons (Fsp3) is 0.294. The summed E-state index contributed by atoms with van der Waals surface area (Å²) in [5.41, 5.74) is 2.82. The molecule has 2 aromatic rings. The standard InChI is InChI=1S/C17H18ClFN2/c1-21(15-4-2-3-13(19)10-15)17-8-5-12(9-16(17)18)11-20-14-6-7-14/h2-5,8-10,14,20H,6-7,11H2,1H3. The number of nitrogens with zero attached hydrogens (tertiary/aromatic N) is 1. The van der Waals surface area contributed by atoms with Crippen molar-refractivity contribution in [3.63, 3.8) is 0 Å². The summed E-state index contributed by atoms with van der Waals surface area (Å²) >= 11 is 6.38. The number of hydrogen-bond acceptors (Lipinski definition) is 2. The van der Waals surface area contributed by atoms with Crippen LogP contribution < -0.4 is 10.2 Å². The Morgan fingerprint density at radius 1 is 1.24 bits per heavy atom. The number of rotatable bonds is 5. The van der Waals surface area contributed by atoms with Gasteiger partial charge in [0.15, 0.2) is 0 Å². The number of nitrogens with one attached hydrogen (secondary N) is 1. The molecule has 2 aromatic carbocycles. The van der Waals surface area contributed by atoms with Crippen molar-refractivity contribution >= 4 is 23.0 Å². The molecule has 0 aliphatic heterocycles. The minimum absolute atomic E-state index is 0.249. The van der Waals surface area contributed by atoms with E-state index in [1.165, 1.54) is 30.5 Å². The van der Waals surface area contributed by atoms with Gasteiger partial charge in [0.05, 0.1) is 10.7 Å². The van der Waals surface area contributed by atoms with Gasteiger partial charge in [-0.1, -0.05) is 23.7 Å². The van der Waals surface area contributed by atoms with Crippen LogP contribution in [0, 0.1) is 5.82 Å². The average Bonchev–Trinajstić information content (AvgIpc) is 3.29. The second kappa shape index (κ2) is 6.04. The number of halogens is 2. The van der Waals surface area contributed by atoms with Gasteiger partial charge in [0.1, 0.15) is 5.82 Å². The van der Waals surface area contributed by atoms with E-state index in [2.05, 4.69) is 11.4 Å². The molecule has 1 saturated carbocycles. The van der Waals surface area contributed by atoms with E-state index in [1.807, 2.05) is 30.1 Å². The Kier molecular flexibility index (Phi) is 4.13. The molecular weight excluding hydrogens is 287 g/mol. The van der Waals surface area contributed by atoms with Crippen LogP contribution in [0.1, 0.15) is 18.4 Å². The maximum Gasteiger partial charge on any atom is 0.125 e. The summed E-state index contributed by atoms with van der Waals surface area (Å²) in [5.74, 6) is -0.249. The molecule has 0 unspecified atom stereocenters. The minimum Gasteiger partial charge on any atom is -0.343 e. The van der Waals surface area contributed by atoms with Gasteiger partial charge < -0.3 is 10.2 Å². The second-order valence-electron chi connectivity index (χ2n) is 5.48. The SMILES string of the molecule is CN(c1cccc(F)c1)c1ccc(CNC2CC2)cc1Cl. The highest BCUT2D eigenvalue weighted by Gasteiger charge is 2.20. The lowest BCUT2D eigenvalue weighted by atomic mass is 10.1. The first kappa shape index (κ1) is 14.4. The lowest BCUT2D eigenvalue weighted by Gasteiger charge is -2.21. The Bertz CT molecular complexity index is 640. The molecule has 0 atom stereocenters. The third kappa shape index (κ3) is 3.55. The van der Waals surface area contributed by atoms with E-state index in [0.717, 1.165) is 17.9 Å². The van der Waals surface area contributed by atoms with E-state index in [9.17, 15) is 4.39 Å². The summed E-state index contributed by atoms with van der Waals surface area (Å²) in [7, 11) is 1.89. The fourth-order valence-corrected chi connectivity index (χ4v) is 2.64. The normalized spacial score (nSPS) is 14.2. The molecule has 0 aromatic heterocycles. The zero-order valence-corrected chi connectivity index (χ0v) is 12.7. The molecular formula is C17H18ClFN2. The molecule has 1 N–H and O–H groups in total. The van der Waals surface area contributed by atoms with Gasteiger partial charge >= 0.3 is 0 Å². The van der Waals surface area contributed by atoms with E-state index in [4.69, 9.17) is 11.6 Å². The summed E-state index contributed by atoms with van der Waals surface area (Å²) in [6.45, 7) is 0.842. The lowest BCUT2D eigenvalue weighted by molar-refractivity contribution is 0.628. The van der Waals surface area contributed by atoms with Crippen LogP contribution in [0.15, 0.2) is 42.5 Å². The van der Waals surface area contributed by atoms with Crippen LogP contribution in [0.5, 0.6) is 0 Å². The highest BCUT2D eigenvalue weighted by Crippen LogP contribution is 2.31. The van der Waals surface area contributed by atoms with Gasteiger partial charge in [-0.05, 0) is 48.7 Å². The van der Waals surface area contributed by atoms with E-state index in [0.29, 0.717) is 11.1 Å². The monoisotopic (exact) mass is 304 g/mol. The molecule has 1 aliphatic carbocycles. The topological polar surface area (TPSA) is 15.3 Å². The zero-order chi connectivity index (χ0) is 14.8. The lowest BCUT2D eigenvalue weighted by Crippen LogP contribution is -2.15. The highest BCUT2D eigenvalue weighted by molar-refractivity contribution is 6.33. The largest absolute Gasteiger partial charge is 0.343 e. The van der Waals surface area contributed by atoms with Crippen molar-refractivity contribution in [2.24, 2.45) is 0 Å². The molecule has 0 bridgehead atoms. The predicted molar refractivity (Wildman–Crippen MR) is 85.8 cm³/mol. The molecule has 21 heavy (non-hydrogen) atoms. The summed E-state index contributed by atoms with van der Waals surface area (Å²) in [6, 6.07) is 13.2. The van der Waals surface area contributed by atoms with Crippen molar-refractivity contribution in [1.82, 2.24) is 5.32 Å². The van der Waals surface area contributed by atoms with Crippen LogP contribution in [-0.2, 0) is 6.54 Å². The average molecular weight is 305 g/mol. The van der Waals surface area contributed by atoms with Crippen LogP contribution in [0.3, 0.4) is 0 Å². The van der Waals surface area contributed by atoms with Crippen molar-refractivity contribution in [2.75, 3.05) is 11.9 Å². The molecule has 0 saturated heterocycles. The van der Waals surface area contributed by atoms with Crippen LogP contribution in [0.4, 0.5) is 15.8 Å². The highest BCUT2D eigenvalue weighted by atomic mass is 35.5. The smallest absolute Gasteiger partial charge is 0.125 e. The molecule has 4 heteroatoms. The Hall–Kier alpha value is -1.58. The predicted octanol–water partition coefficient (Wildman–Crippen LogP) is 4.50. The van der Waals surface area contributed by atoms with Gasteiger partial charge in [-0.2, -0.15) is 0 Å². The number of benzene rings is 2. The quantitative estimate of drug-likeness (QED) is 0.875. The molecule has 0 radical (unpaired) electrons. The summed E-state index contributed by atoms with van der Waals surface area (Å²) in [4.78, 5) is 1.89. The molecule has 1 fully saturated rings. The summed E-state index contributed by atoms with van der Waals surface area (Å²) in [6.07, 6.45) is 2.54. The van der Waals surface area contributed by atoms with Crippen LogP contribution in [-0.4, -0.2) is 13.1 Å². The summed E-state index contributed by atoms with van der Waals surface area (Å²) < 4.78 is 13.3. The van der Waals surface area contributed by atoms with E-state index < -0.39 is 0 Å². The molecule has 3 rings (SSSR count). The minimum atomic E-state index is -0.249. The van der Waals surface area contributed by atoms with Gasteiger partial charge in [0.25, 0.3) is 0 Å². The molecule has 110 valence electrons. The van der Waals surface area contributed by atoms with Gasteiger partial charge in [-0.15, -0.1) is 0 Å². The van der Waals surface area contributed by atoms with Gasteiger partial charge in [0, 0.05) is 25.3 Å². The molecule has 0 heterocycles. The second-order valence-corrected chi connectivity index (χ2v) is 5.89. The first-order chi connectivity index (χ1) is 10.1. The van der Waals surface area contributed by atoms with Gasteiger partial charge in [0.2, 0.25) is 0 Å². The Balaban J connectivity index is 1.77. The van der Waals surface area contributed by atoms with Crippen LogP contribution >= 0.6 is 11.6 Å². The van der Waals surface area contributed by atoms with Gasteiger partial charge in [-0.25, -0.2) is 4.39 Å². The first-order valence-electron chi connectivity index (χ1n) is 7.14. The van der Waals surface area contributed by atoms with E-state index in [-0.39, 0.29) is 5.82 Å². The number of hydrogen-bond donors (Lipinski definition) is 1. The maximum absolute atomic E-state index is 13.3. The first-order valence-corrected chi connectivity index (χ1v) is 7.52. The van der Waals surface area contributed by atoms with E-state index in [1.54, 1.807) is 6.07 Å². The Morgan fingerprint density at radius 3 is 2.71 bits per heavy atom. The zero-order valence-electron chi connectivity index (χ0n) is 11.9. The third-order valence-corrected chi connectivity index (χ3v) is 4.04. The van der Waals surface area contributed by atoms with Crippen molar-refractivity contribution < 1.29 is 4.39 Å². The fourth-order valence-electron chi connectivity index (χ4n) is 2.31. The van der Waals surface area contributed by atoms with Crippen LogP contribution in [0.25, 0.3) is 0 Å². The molecule has 2 nitrogen and oxygen atoms in total. The van der Waals surface area contributed by atoms with Crippen molar-refractivity contribution in [3.05, 3.63) is 58.9 Å². The van der Waals surface area contributed by atoms with Crippen molar-refractivity contribution in [2.45, 2.75) is 25.4 Å². The molecule has 0 spiro atoms. The van der Waals surface area contributed by atoms with Crippen molar-refractivity contribution in [3.8, 4) is 0 Å². The van der Waals surface area contributed by atoms with Gasteiger partial charge in [-0.3, -0.25) is 0 Å². The van der Waals surface area contributed by atoms with E-state index >= 15 is 0 Å². The molecule has 1 aliphatic rings. The third-order valence-electron chi connectivity index (χ3n) is 3.74. The Morgan fingerprint density at radius 2 is 2.05 bits per heavy atom. The molecule has 0 amide bonds. The number of anilines is 2. The summed E-state index contributed by atoms with van der Waals surface area (Å²) in [5, 5.41) is 4.14. The van der Waals surface area contributed by atoms with Crippen molar-refractivity contribution in [1.29, 1.82) is 0 Å². The maximum atomic E-state index is 13.3. The Labute approximate surface area is 129 Å². The van der Waals surface area contributed by atoms with Crippen LogP contribution in [0.2, 0.25) is 5.02 Å².